The fraction of sp³-hybridized carbons (Fsp3) is 0.368. The molecule has 0 saturated carbocycles. The molecule has 7 heteroatoms. The van der Waals surface area contributed by atoms with Crippen LogP contribution in [0.3, 0.4) is 0 Å². The summed E-state index contributed by atoms with van der Waals surface area (Å²) < 4.78 is 36.1. The first-order valence-electron chi connectivity index (χ1n) is 8.17. The molecule has 1 aliphatic heterocycles. The Morgan fingerprint density at radius 1 is 1.12 bits per heavy atom. The highest BCUT2D eigenvalue weighted by Crippen LogP contribution is 2.35. The number of halogens is 2. The number of methoxy groups -OCH3 is 2. The van der Waals surface area contributed by atoms with E-state index in [0.717, 1.165) is 17.9 Å². The number of hydrogen-bond acceptors (Lipinski definition) is 5. The van der Waals surface area contributed by atoms with Crippen LogP contribution in [0.1, 0.15) is 11.7 Å². The second-order valence-corrected chi connectivity index (χ2v) is 5.72. The number of ether oxygens (including phenoxy) is 4. The molecule has 3 rings (SSSR count). The van der Waals surface area contributed by atoms with E-state index in [1.807, 2.05) is 24.3 Å². The predicted molar refractivity (Wildman–Crippen MR) is 99.2 cm³/mol. The molecule has 0 bridgehead atoms. The van der Waals surface area contributed by atoms with Gasteiger partial charge < -0.3 is 24.3 Å². The number of rotatable bonds is 6. The molecule has 1 heterocycles. The molecule has 2 atom stereocenters. The number of benzene rings is 2. The van der Waals surface area contributed by atoms with Gasteiger partial charge in [0.05, 0.1) is 20.8 Å². The third-order valence-corrected chi connectivity index (χ3v) is 4.10. The molecular formula is C19H23ClFNO4. The van der Waals surface area contributed by atoms with Crippen molar-refractivity contribution >= 4 is 12.4 Å². The lowest BCUT2D eigenvalue weighted by atomic mass is 10.0. The maximum absolute atomic E-state index is 13.5. The summed E-state index contributed by atoms with van der Waals surface area (Å²) in [6.45, 7) is 2.07. The third kappa shape index (κ3) is 4.78. The van der Waals surface area contributed by atoms with Crippen molar-refractivity contribution < 1.29 is 23.3 Å². The van der Waals surface area contributed by atoms with Gasteiger partial charge in [-0.25, -0.2) is 4.39 Å². The van der Waals surface area contributed by atoms with Crippen molar-refractivity contribution in [3.63, 3.8) is 0 Å². The molecule has 5 nitrogen and oxygen atoms in total. The summed E-state index contributed by atoms with van der Waals surface area (Å²) in [4.78, 5) is 0. The minimum absolute atomic E-state index is 0. The van der Waals surface area contributed by atoms with Crippen LogP contribution in [-0.4, -0.2) is 40.0 Å². The van der Waals surface area contributed by atoms with E-state index in [9.17, 15) is 4.39 Å². The Morgan fingerprint density at radius 3 is 2.65 bits per heavy atom. The Kier molecular flexibility index (Phi) is 7.50. The third-order valence-electron chi connectivity index (χ3n) is 4.10. The van der Waals surface area contributed by atoms with E-state index in [-0.39, 0.29) is 30.4 Å². The smallest absolute Gasteiger partial charge is 0.163 e. The molecule has 0 spiro atoms. The van der Waals surface area contributed by atoms with E-state index < -0.39 is 0 Å². The van der Waals surface area contributed by atoms with Gasteiger partial charge in [-0.2, -0.15) is 0 Å². The Morgan fingerprint density at radius 2 is 1.96 bits per heavy atom. The lowest BCUT2D eigenvalue weighted by molar-refractivity contribution is -0.0439. The Bertz CT molecular complexity index is 710. The first-order chi connectivity index (χ1) is 12.2. The second-order valence-electron chi connectivity index (χ2n) is 5.72. The van der Waals surface area contributed by atoms with E-state index in [4.69, 9.17) is 18.9 Å². The molecule has 0 amide bonds. The minimum atomic E-state index is -0.387. The SMILES string of the molecule is COc1cccc(C(Oc2ccc(F)cc2OC)[C@@H]2CNCCO2)c1.Cl. The van der Waals surface area contributed by atoms with E-state index >= 15 is 0 Å². The zero-order valence-corrected chi connectivity index (χ0v) is 15.6. The predicted octanol–water partition coefficient (Wildman–Crippen LogP) is 3.37. The highest BCUT2D eigenvalue weighted by atomic mass is 35.5. The highest BCUT2D eigenvalue weighted by molar-refractivity contribution is 5.85. The van der Waals surface area contributed by atoms with E-state index in [1.165, 1.54) is 19.2 Å². The summed E-state index contributed by atoms with van der Waals surface area (Å²) in [7, 11) is 3.11. The van der Waals surface area contributed by atoms with Crippen LogP contribution < -0.4 is 19.5 Å². The number of morpholine rings is 1. The fourth-order valence-electron chi connectivity index (χ4n) is 2.83. The fourth-order valence-corrected chi connectivity index (χ4v) is 2.83. The maximum atomic E-state index is 13.5. The van der Waals surface area contributed by atoms with Crippen molar-refractivity contribution in [3.05, 3.63) is 53.8 Å². The molecule has 142 valence electrons. The van der Waals surface area contributed by atoms with Crippen LogP contribution in [0, 0.1) is 5.82 Å². The van der Waals surface area contributed by atoms with Gasteiger partial charge in [-0.05, 0) is 29.8 Å². The van der Waals surface area contributed by atoms with Gasteiger partial charge in [0.25, 0.3) is 0 Å². The van der Waals surface area contributed by atoms with E-state index in [0.29, 0.717) is 24.7 Å². The lowest BCUT2D eigenvalue weighted by Gasteiger charge is -2.32. The molecular weight excluding hydrogens is 361 g/mol. The van der Waals surface area contributed by atoms with Crippen LogP contribution in [0.2, 0.25) is 0 Å². The summed E-state index contributed by atoms with van der Waals surface area (Å²) >= 11 is 0. The van der Waals surface area contributed by atoms with Crippen molar-refractivity contribution in [2.75, 3.05) is 33.9 Å². The topological polar surface area (TPSA) is 49.0 Å². The molecule has 2 aromatic rings. The Balaban J connectivity index is 0.00000243. The van der Waals surface area contributed by atoms with Crippen LogP contribution in [0.15, 0.2) is 42.5 Å². The van der Waals surface area contributed by atoms with Gasteiger partial charge in [-0.1, -0.05) is 12.1 Å². The summed E-state index contributed by atoms with van der Waals surface area (Å²) in [6, 6.07) is 11.9. The quantitative estimate of drug-likeness (QED) is 0.828. The van der Waals surface area contributed by atoms with Crippen molar-refractivity contribution in [1.29, 1.82) is 0 Å². The zero-order valence-electron chi connectivity index (χ0n) is 14.7. The Hall–Kier alpha value is -2.02. The van der Waals surface area contributed by atoms with Crippen LogP contribution in [-0.2, 0) is 4.74 Å². The Labute approximate surface area is 158 Å². The van der Waals surface area contributed by atoms with Gasteiger partial charge in [0.1, 0.15) is 17.7 Å². The van der Waals surface area contributed by atoms with Crippen molar-refractivity contribution in [2.45, 2.75) is 12.2 Å². The average Bonchev–Trinajstić information content (AvgIpc) is 2.67. The first-order valence-corrected chi connectivity index (χ1v) is 8.17. The van der Waals surface area contributed by atoms with Gasteiger partial charge >= 0.3 is 0 Å². The molecule has 0 aliphatic carbocycles. The van der Waals surface area contributed by atoms with E-state index in [2.05, 4.69) is 5.32 Å². The van der Waals surface area contributed by atoms with Gasteiger partial charge in [0.2, 0.25) is 0 Å². The van der Waals surface area contributed by atoms with Gasteiger partial charge in [-0.3, -0.25) is 0 Å². The van der Waals surface area contributed by atoms with Crippen LogP contribution in [0.25, 0.3) is 0 Å². The molecule has 2 aromatic carbocycles. The van der Waals surface area contributed by atoms with Crippen molar-refractivity contribution in [2.24, 2.45) is 0 Å². The molecule has 26 heavy (non-hydrogen) atoms. The monoisotopic (exact) mass is 383 g/mol. The van der Waals surface area contributed by atoms with Crippen LogP contribution in [0.5, 0.6) is 17.2 Å². The van der Waals surface area contributed by atoms with Crippen molar-refractivity contribution in [3.8, 4) is 17.2 Å². The molecule has 0 radical (unpaired) electrons. The number of nitrogens with one attached hydrogen (secondary N) is 1. The molecule has 1 saturated heterocycles. The summed E-state index contributed by atoms with van der Waals surface area (Å²) in [5.74, 6) is 1.17. The lowest BCUT2D eigenvalue weighted by Crippen LogP contribution is -2.43. The molecule has 0 aromatic heterocycles. The second kappa shape index (κ2) is 9.62. The van der Waals surface area contributed by atoms with Crippen LogP contribution in [0.4, 0.5) is 4.39 Å². The van der Waals surface area contributed by atoms with E-state index in [1.54, 1.807) is 13.2 Å². The van der Waals surface area contributed by atoms with Gasteiger partial charge in [0, 0.05) is 19.2 Å². The standard InChI is InChI=1S/C19H22FNO4.ClH/c1-22-15-5-3-4-13(10-15)19(18-12-21-8-9-24-18)25-16-7-6-14(20)11-17(16)23-2;/h3-7,10-11,18-19,21H,8-9,12H2,1-2H3;1H/t18-,19?;/m0./s1. The first kappa shape index (κ1) is 20.3. The van der Waals surface area contributed by atoms with Gasteiger partial charge in [-0.15, -0.1) is 12.4 Å². The van der Waals surface area contributed by atoms with Crippen LogP contribution >= 0.6 is 12.4 Å². The minimum Gasteiger partial charge on any atom is -0.497 e. The molecule has 1 unspecified atom stereocenters. The zero-order chi connectivity index (χ0) is 17.6. The van der Waals surface area contributed by atoms with Crippen molar-refractivity contribution in [1.82, 2.24) is 5.32 Å². The van der Waals surface area contributed by atoms with Gasteiger partial charge in [0.15, 0.2) is 17.6 Å². The molecule has 1 N–H and O–H groups in total. The molecule has 1 fully saturated rings. The molecule has 1 aliphatic rings. The largest absolute Gasteiger partial charge is 0.497 e. The summed E-state index contributed by atoms with van der Waals surface area (Å²) in [6.07, 6.45) is -0.571. The number of hydrogen-bond donors (Lipinski definition) is 1. The summed E-state index contributed by atoms with van der Waals surface area (Å²) in [5, 5.41) is 3.31. The summed E-state index contributed by atoms with van der Waals surface area (Å²) in [5.41, 5.74) is 0.916. The maximum Gasteiger partial charge on any atom is 0.163 e. The normalized spacial score (nSPS) is 17.7. The average molecular weight is 384 g/mol. The highest BCUT2D eigenvalue weighted by Gasteiger charge is 2.29.